The third kappa shape index (κ3) is 2.46. The molecule has 0 fully saturated rings. The summed E-state index contributed by atoms with van der Waals surface area (Å²) in [6.07, 6.45) is 1.90. The molecule has 0 N–H and O–H groups in total. The van der Waals surface area contributed by atoms with Crippen LogP contribution in [0.5, 0.6) is 0 Å². The average molecular weight is 249 g/mol. The van der Waals surface area contributed by atoms with E-state index in [1.165, 1.54) is 0 Å². The Morgan fingerprint density at radius 2 is 1.59 bits per heavy atom. The predicted molar refractivity (Wildman–Crippen MR) is 72.6 cm³/mol. The number of nitrogens with zero attached hydrogens (tertiary/aromatic N) is 3. The highest BCUT2D eigenvalue weighted by molar-refractivity contribution is 7.18. The van der Waals surface area contributed by atoms with E-state index in [1.54, 1.807) is 11.3 Å². The van der Waals surface area contributed by atoms with Gasteiger partial charge in [0.15, 0.2) is 5.65 Å². The molecule has 0 aliphatic rings. The Hall–Kier alpha value is -1.03. The molecule has 2 aromatic heterocycles. The van der Waals surface area contributed by atoms with Crippen LogP contribution in [0.25, 0.3) is 10.3 Å². The topological polar surface area (TPSA) is 38.7 Å². The minimum atomic E-state index is -0.0281. The van der Waals surface area contributed by atoms with Crippen LogP contribution < -0.4 is 0 Å². The van der Waals surface area contributed by atoms with Gasteiger partial charge < -0.3 is 0 Å². The van der Waals surface area contributed by atoms with E-state index in [1.807, 2.05) is 6.20 Å². The number of hydrogen-bond acceptors (Lipinski definition) is 4. The molecule has 2 heterocycles. The molecule has 0 radical (unpaired) electrons. The van der Waals surface area contributed by atoms with Crippen molar-refractivity contribution in [2.24, 2.45) is 0 Å². The third-order valence-electron chi connectivity index (χ3n) is 2.46. The summed E-state index contributed by atoms with van der Waals surface area (Å²) >= 11 is 1.69. The summed E-state index contributed by atoms with van der Waals surface area (Å²) in [6, 6.07) is 0. The smallest absolute Gasteiger partial charge is 0.174 e. The lowest BCUT2D eigenvalue weighted by Gasteiger charge is -2.15. The van der Waals surface area contributed by atoms with Crippen molar-refractivity contribution in [3.8, 4) is 0 Å². The maximum absolute atomic E-state index is 4.63. The van der Waals surface area contributed by atoms with Gasteiger partial charge in [0.25, 0.3) is 0 Å². The third-order valence-corrected chi connectivity index (χ3v) is 3.87. The first-order chi connectivity index (χ1) is 7.68. The molecule has 3 nitrogen and oxygen atoms in total. The summed E-state index contributed by atoms with van der Waals surface area (Å²) < 4.78 is 1.07. The Labute approximate surface area is 106 Å². The van der Waals surface area contributed by atoms with Crippen LogP contribution in [0.2, 0.25) is 0 Å². The van der Waals surface area contributed by atoms with Crippen molar-refractivity contribution < 1.29 is 0 Å². The molecule has 0 atom stereocenters. The normalized spacial score (nSPS) is 13.3. The Kier molecular flexibility index (Phi) is 2.73. The highest BCUT2D eigenvalue weighted by atomic mass is 32.1. The van der Waals surface area contributed by atoms with E-state index < -0.39 is 0 Å². The minimum Gasteiger partial charge on any atom is -0.239 e. The van der Waals surface area contributed by atoms with Gasteiger partial charge in [-0.05, 0) is 0 Å². The van der Waals surface area contributed by atoms with Gasteiger partial charge in [-0.25, -0.2) is 15.0 Å². The highest BCUT2D eigenvalue weighted by Gasteiger charge is 2.22. The first-order valence-corrected chi connectivity index (χ1v) is 6.64. The van der Waals surface area contributed by atoms with Gasteiger partial charge in [0.05, 0.1) is 10.9 Å². The Balaban J connectivity index is 2.56. The van der Waals surface area contributed by atoms with Crippen molar-refractivity contribution in [2.45, 2.75) is 52.4 Å². The van der Waals surface area contributed by atoms with Crippen molar-refractivity contribution >= 4 is 21.7 Å². The molecular formula is C13H19N3S. The van der Waals surface area contributed by atoms with Gasteiger partial charge in [-0.3, -0.25) is 0 Å². The number of fused-ring (bicyclic) bond motifs is 1. The lowest BCUT2D eigenvalue weighted by Crippen LogP contribution is -2.15. The number of hydrogen-bond donors (Lipinski definition) is 0. The molecule has 0 saturated heterocycles. The summed E-state index contributed by atoms with van der Waals surface area (Å²) in [5.41, 5.74) is 0.882. The fourth-order valence-corrected chi connectivity index (χ4v) is 2.35. The van der Waals surface area contributed by atoms with Crippen molar-refractivity contribution in [3.05, 3.63) is 17.0 Å². The molecule has 2 rings (SSSR count). The number of thiazole rings is 1. The largest absolute Gasteiger partial charge is 0.239 e. The van der Waals surface area contributed by atoms with Crippen LogP contribution in [0.1, 0.15) is 52.4 Å². The SMILES string of the molecule is CC(C)(C)c1ncc2sc(C(C)(C)C)nc2n1. The molecule has 4 heteroatoms. The van der Waals surface area contributed by atoms with E-state index in [0.717, 1.165) is 21.2 Å². The van der Waals surface area contributed by atoms with Gasteiger partial charge in [-0.2, -0.15) is 0 Å². The molecule has 0 aliphatic carbocycles. The molecule has 92 valence electrons. The van der Waals surface area contributed by atoms with Gasteiger partial charge >= 0.3 is 0 Å². The lowest BCUT2D eigenvalue weighted by atomic mass is 9.96. The maximum Gasteiger partial charge on any atom is 0.174 e. The van der Waals surface area contributed by atoms with Crippen LogP contribution in [-0.2, 0) is 10.8 Å². The van der Waals surface area contributed by atoms with E-state index >= 15 is 0 Å². The molecule has 0 unspecified atom stereocenters. The van der Waals surface area contributed by atoms with Crippen molar-refractivity contribution in [3.63, 3.8) is 0 Å². The molecule has 0 bridgehead atoms. The van der Waals surface area contributed by atoms with Gasteiger partial charge in [-0.1, -0.05) is 41.5 Å². The Bertz CT molecular complexity index is 532. The molecule has 0 amide bonds. The second-order valence-corrected chi connectivity index (χ2v) is 7.43. The molecular weight excluding hydrogens is 230 g/mol. The monoisotopic (exact) mass is 249 g/mol. The molecule has 0 spiro atoms. The number of aromatic nitrogens is 3. The zero-order valence-corrected chi connectivity index (χ0v) is 12.1. The van der Waals surface area contributed by atoms with Crippen LogP contribution in [0.15, 0.2) is 6.20 Å². The van der Waals surface area contributed by atoms with Gasteiger partial charge in [-0.15, -0.1) is 11.3 Å². The molecule has 0 saturated carbocycles. The summed E-state index contributed by atoms with van der Waals surface area (Å²) in [5, 5.41) is 1.12. The van der Waals surface area contributed by atoms with E-state index in [0.29, 0.717) is 0 Å². The first-order valence-electron chi connectivity index (χ1n) is 5.82. The standard InChI is InChI=1S/C13H19N3S/c1-12(2,3)10-14-7-8-9(15-10)16-11(17-8)13(4,5)6/h7H,1-6H3. The average Bonchev–Trinajstić information content (AvgIpc) is 2.57. The number of rotatable bonds is 0. The van der Waals surface area contributed by atoms with Crippen molar-refractivity contribution in [1.29, 1.82) is 0 Å². The zero-order valence-electron chi connectivity index (χ0n) is 11.3. The fourth-order valence-electron chi connectivity index (χ4n) is 1.42. The molecule has 2 aromatic rings. The van der Waals surface area contributed by atoms with Crippen LogP contribution >= 0.6 is 11.3 Å². The van der Waals surface area contributed by atoms with Crippen LogP contribution in [0.4, 0.5) is 0 Å². The molecule has 17 heavy (non-hydrogen) atoms. The summed E-state index contributed by atoms with van der Waals surface area (Å²) in [5.74, 6) is 0.857. The van der Waals surface area contributed by atoms with Crippen molar-refractivity contribution in [2.75, 3.05) is 0 Å². The second-order valence-electron chi connectivity index (χ2n) is 6.40. The van der Waals surface area contributed by atoms with E-state index in [2.05, 4.69) is 56.5 Å². The van der Waals surface area contributed by atoms with Crippen LogP contribution in [-0.4, -0.2) is 15.0 Å². The van der Waals surface area contributed by atoms with Gasteiger partial charge in [0.2, 0.25) is 0 Å². The summed E-state index contributed by atoms with van der Waals surface area (Å²) in [7, 11) is 0. The zero-order chi connectivity index (χ0) is 12.8. The molecule has 0 aliphatic heterocycles. The van der Waals surface area contributed by atoms with Gasteiger partial charge in [0.1, 0.15) is 10.8 Å². The summed E-state index contributed by atoms with van der Waals surface area (Å²) in [6.45, 7) is 12.9. The van der Waals surface area contributed by atoms with E-state index in [-0.39, 0.29) is 10.8 Å². The van der Waals surface area contributed by atoms with Crippen LogP contribution in [0.3, 0.4) is 0 Å². The summed E-state index contributed by atoms with van der Waals surface area (Å²) in [4.78, 5) is 13.6. The fraction of sp³-hybridized carbons (Fsp3) is 0.615. The van der Waals surface area contributed by atoms with Crippen molar-refractivity contribution in [1.82, 2.24) is 15.0 Å². The Morgan fingerprint density at radius 1 is 0.941 bits per heavy atom. The van der Waals surface area contributed by atoms with Gasteiger partial charge in [0, 0.05) is 10.8 Å². The predicted octanol–water partition coefficient (Wildman–Crippen LogP) is 3.68. The highest BCUT2D eigenvalue weighted by Crippen LogP contribution is 2.30. The maximum atomic E-state index is 4.63. The first kappa shape index (κ1) is 12.4. The molecule has 0 aromatic carbocycles. The lowest BCUT2D eigenvalue weighted by molar-refractivity contribution is 0.547. The quantitative estimate of drug-likeness (QED) is 0.715. The minimum absolute atomic E-state index is 0.0281. The Morgan fingerprint density at radius 3 is 2.12 bits per heavy atom. The van der Waals surface area contributed by atoms with Crippen LogP contribution in [0, 0.1) is 0 Å². The van der Waals surface area contributed by atoms with E-state index in [9.17, 15) is 0 Å². The second kappa shape index (κ2) is 3.73. The van der Waals surface area contributed by atoms with E-state index in [4.69, 9.17) is 0 Å².